The van der Waals surface area contributed by atoms with Crippen molar-refractivity contribution in [1.82, 2.24) is 25.0 Å². The van der Waals surface area contributed by atoms with Gasteiger partial charge in [-0.3, -0.25) is 4.90 Å². The minimum Gasteiger partial charge on any atom is -0.317 e. The lowest BCUT2D eigenvalue weighted by Gasteiger charge is -2.38. The molecule has 1 N–H and O–H groups in total. The first-order valence-electron chi connectivity index (χ1n) is 7.52. The molecule has 1 aromatic heterocycles. The van der Waals surface area contributed by atoms with E-state index in [1.165, 1.54) is 25.8 Å². The second-order valence-electron chi connectivity index (χ2n) is 6.25. The maximum Gasteiger partial charge on any atom is 0.147 e. The van der Waals surface area contributed by atoms with Crippen molar-refractivity contribution < 1.29 is 0 Å². The van der Waals surface area contributed by atoms with Gasteiger partial charge in [0.1, 0.15) is 12.2 Å². The first kappa shape index (κ1) is 13.1. The van der Waals surface area contributed by atoms with E-state index in [1.54, 1.807) is 0 Å². The highest BCUT2D eigenvalue weighted by atomic mass is 15.3. The predicted molar refractivity (Wildman–Crippen MR) is 74.7 cm³/mol. The fraction of sp³-hybridized carbons (Fsp3) is 0.857. The maximum absolute atomic E-state index is 4.21. The molecule has 1 aliphatic carbocycles. The summed E-state index contributed by atoms with van der Waals surface area (Å²) in [7, 11) is 2.11. The molecule has 19 heavy (non-hydrogen) atoms. The zero-order valence-corrected chi connectivity index (χ0v) is 12.0. The first-order chi connectivity index (χ1) is 9.26. The van der Waals surface area contributed by atoms with E-state index in [0.29, 0.717) is 6.04 Å². The maximum atomic E-state index is 4.21. The zero-order valence-electron chi connectivity index (χ0n) is 12.0. The van der Waals surface area contributed by atoms with Crippen LogP contribution in [-0.4, -0.2) is 45.8 Å². The van der Waals surface area contributed by atoms with Crippen LogP contribution in [-0.2, 0) is 13.1 Å². The Balaban J connectivity index is 1.61. The number of nitrogens with one attached hydrogen (secondary N) is 1. The lowest BCUT2D eigenvalue weighted by molar-refractivity contribution is 0.127. The smallest absolute Gasteiger partial charge is 0.147 e. The molecule has 5 heteroatoms. The predicted octanol–water partition coefficient (Wildman–Crippen LogP) is 1.12. The number of hydrogen-bond donors (Lipinski definition) is 1. The monoisotopic (exact) mass is 263 g/mol. The average Bonchev–Trinajstić information content (AvgIpc) is 2.86. The van der Waals surface area contributed by atoms with Crippen molar-refractivity contribution in [2.45, 2.75) is 45.3 Å². The Hall–Kier alpha value is -0.940. The van der Waals surface area contributed by atoms with Gasteiger partial charge < -0.3 is 9.88 Å². The van der Waals surface area contributed by atoms with Crippen LogP contribution in [0, 0.1) is 11.8 Å². The van der Waals surface area contributed by atoms with Gasteiger partial charge in [-0.05, 0) is 38.1 Å². The minimum absolute atomic E-state index is 0.691. The second kappa shape index (κ2) is 5.59. The van der Waals surface area contributed by atoms with E-state index in [2.05, 4.69) is 39.0 Å². The molecule has 0 amide bonds. The first-order valence-corrected chi connectivity index (χ1v) is 7.52. The van der Waals surface area contributed by atoms with Crippen molar-refractivity contribution >= 4 is 0 Å². The Morgan fingerprint density at radius 2 is 2.26 bits per heavy atom. The van der Waals surface area contributed by atoms with Crippen LogP contribution in [0.5, 0.6) is 0 Å². The van der Waals surface area contributed by atoms with Crippen molar-refractivity contribution in [2.24, 2.45) is 11.8 Å². The standard InChI is InChI=1S/C14H25N5/c1-11-3-4-13(15-2)12(7-11)8-18-5-6-19-10-16-17-14(19)9-18/h10-13,15H,3-9H2,1-2H3. The van der Waals surface area contributed by atoms with Gasteiger partial charge in [0.15, 0.2) is 0 Å². The van der Waals surface area contributed by atoms with Crippen LogP contribution in [0.15, 0.2) is 6.33 Å². The van der Waals surface area contributed by atoms with Crippen LogP contribution in [0.3, 0.4) is 0 Å². The summed E-state index contributed by atoms with van der Waals surface area (Å²) in [6.07, 6.45) is 5.91. The molecule has 0 saturated heterocycles. The third-order valence-electron chi connectivity index (χ3n) is 4.83. The van der Waals surface area contributed by atoms with Gasteiger partial charge in [-0.1, -0.05) is 6.92 Å². The highest BCUT2D eigenvalue weighted by Crippen LogP contribution is 2.30. The minimum atomic E-state index is 0.691. The van der Waals surface area contributed by atoms with E-state index in [4.69, 9.17) is 0 Å². The van der Waals surface area contributed by atoms with Crippen LogP contribution in [0.1, 0.15) is 32.0 Å². The third kappa shape index (κ3) is 2.82. The molecule has 1 fully saturated rings. The zero-order chi connectivity index (χ0) is 13.2. The highest BCUT2D eigenvalue weighted by Gasteiger charge is 2.30. The Bertz CT molecular complexity index is 416. The van der Waals surface area contributed by atoms with Crippen LogP contribution in [0.2, 0.25) is 0 Å². The average molecular weight is 263 g/mol. The Morgan fingerprint density at radius 3 is 3.11 bits per heavy atom. The van der Waals surface area contributed by atoms with E-state index >= 15 is 0 Å². The molecule has 1 saturated carbocycles. The van der Waals surface area contributed by atoms with Crippen molar-refractivity contribution in [2.75, 3.05) is 20.1 Å². The largest absolute Gasteiger partial charge is 0.317 e. The topological polar surface area (TPSA) is 46.0 Å². The van der Waals surface area contributed by atoms with Gasteiger partial charge in [0, 0.05) is 25.7 Å². The lowest BCUT2D eigenvalue weighted by atomic mass is 9.78. The molecular formula is C14H25N5. The molecule has 3 unspecified atom stereocenters. The molecular weight excluding hydrogens is 238 g/mol. The molecule has 2 heterocycles. The van der Waals surface area contributed by atoms with Crippen LogP contribution >= 0.6 is 0 Å². The fourth-order valence-corrected chi connectivity index (χ4v) is 3.68. The van der Waals surface area contributed by atoms with Gasteiger partial charge in [0.2, 0.25) is 0 Å². The van der Waals surface area contributed by atoms with E-state index in [-0.39, 0.29) is 0 Å². The van der Waals surface area contributed by atoms with E-state index in [9.17, 15) is 0 Å². The molecule has 0 aromatic carbocycles. The van der Waals surface area contributed by atoms with Gasteiger partial charge in [0.25, 0.3) is 0 Å². The number of fused-ring (bicyclic) bond motifs is 1. The number of nitrogens with zero attached hydrogens (tertiary/aromatic N) is 4. The molecule has 0 spiro atoms. The summed E-state index contributed by atoms with van der Waals surface area (Å²) in [4.78, 5) is 2.55. The lowest BCUT2D eigenvalue weighted by Crippen LogP contribution is -2.46. The normalized spacial score (nSPS) is 32.2. The van der Waals surface area contributed by atoms with Crippen molar-refractivity contribution in [3.63, 3.8) is 0 Å². The number of rotatable bonds is 3. The Morgan fingerprint density at radius 1 is 1.37 bits per heavy atom. The van der Waals surface area contributed by atoms with Gasteiger partial charge in [-0.15, -0.1) is 10.2 Å². The van der Waals surface area contributed by atoms with Crippen molar-refractivity contribution in [3.8, 4) is 0 Å². The molecule has 0 bridgehead atoms. The van der Waals surface area contributed by atoms with Gasteiger partial charge >= 0.3 is 0 Å². The molecule has 1 aliphatic heterocycles. The summed E-state index contributed by atoms with van der Waals surface area (Å²) >= 11 is 0. The van der Waals surface area contributed by atoms with Crippen LogP contribution < -0.4 is 5.32 Å². The molecule has 3 rings (SSSR count). The summed E-state index contributed by atoms with van der Waals surface area (Å²) in [5, 5.41) is 11.7. The second-order valence-corrected chi connectivity index (χ2v) is 6.25. The summed E-state index contributed by atoms with van der Waals surface area (Å²) in [6, 6.07) is 0.691. The molecule has 1 aromatic rings. The molecule has 0 radical (unpaired) electrons. The SMILES string of the molecule is CNC1CCC(C)CC1CN1CCn2cnnc2C1. The highest BCUT2D eigenvalue weighted by molar-refractivity contribution is 4.92. The fourth-order valence-electron chi connectivity index (χ4n) is 3.68. The van der Waals surface area contributed by atoms with E-state index < -0.39 is 0 Å². The Labute approximate surface area is 115 Å². The van der Waals surface area contributed by atoms with Gasteiger partial charge in [0.05, 0.1) is 6.54 Å². The molecule has 2 aliphatic rings. The third-order valence-corrected chi connectivity index (χ3v) is 4.83. The molecule has 3 atom stereocenters. The molecule has 5 nitrogen and oxygen atoms in total. The summed E-state index contributed by atoms with van der Waals surface area (Å²) in [5.74, 6) is 2.78. The quantitative estimate of drug-likeness (QED) is 0.887. The van der Waals surface area contributed by atoms with Crippen LogP contribution in [0.4, 0.5) is 0 Å². The van der Waals surface area contributed by atoms with Crippen molar-refractivity contribution in [3.05, 3.63) is 12.2 Å². The van der Waals surface area contributed by atoms with Crippen molar-refractivity contribution in [1.29, 1.82) is 0 Å². The number of aromatic nitrogens is 3. The van der Waals surface area contributed by atoms with E-state index in [1.807, 2.05) is 6.33 Å². The van der Waals surface area contributed by atoms with Gasteiger partial charge in [-0.25, -0.2) is 0 Å². The summed E-state index contributed by atoms with van der Waals surface area (Å²) < 4.78 is 2.18. The van der Waals surface area contributed by atoms with E-state index in [0.717, 1.165) is 37.3 Å². The summed E-state index contributed by atoms with van der Waals surface area (Å²) in [5.41, 5.74) is 0. The van der Waals surface area contributed by atoms with Gasteiger partial charge in [-0.2, -0.15) is 0 Å². The van der Waals surface area contributed by atoms with Crippen LogP contribution in [0.25, 0.3) is 0 Å². The number of hydrogen-bond acceptors (Lipinski definition) is 4. The Kier molecular flexibility index (Phi) is 3.84. The summed E-state index contributed by atoms with van der Waals surface area (Å²) in [6.45, 7) is 6.72. The molecule has 106 valence electrons.